The Morgan fingerprint density at radius 1 is 1.26 bits per heavy atom. The Kier molecular flexibility index (Phi) is 7.48. The zero-order valence-corrected chi connectivity index (χ0v) is 11.8. The third-order valence-corrected chi connectivity index (χ3v) is 2.55. The van der Waals surface area contributed by atoms with Crippen molar-refractivity contribution in [3.8, 4) is 23.3 Å². The average molecular weight is 263 g/mol. The van der Waals surface area contributed by atoms with E-state index in [9.17, 15) is 0 Å². The molecule has 4 nitrogen and oxygen atoms in total. The molecule has 0 saturated heterocycles. The number of benzene rings is 1. The summed E-state index contributed by atoms with van der Waals surface area (Å²) < 4.78 is 15.8. The molecule has 0 amide bonds. The highest BCUT2D eigenvalue weighted by Gasteiger charge is 2.05. The van der Waals surface area contributed by atoms with Crippen molar-refractivity contribution in [3.05, 3.63) is 23.8 Å². The first kappa shape index (κ1) is 15.4. The highest BCUT2D eigenvalue weighted by Crippen LogP contribution is 2.24. The van der Waals surface area contributed by atoms with Gasteiger partial charge in [0.25, 0.3) is 0 Å². The molecule has 0 aliphatic rings. The summed E-state index contributed by atoms with van der Waals surface area (Å²) in [6.45, 7) is 4.39. The van der Waals surface area contributed by atoms with E-state index in [1.165, 1.54) is 0 Å². The van der Waals surface area contributed by atoms with Gasteiger partial charge in [-0.05, 0) is 13.0 Å². The Hall–Kier alpha value is -1.70. The van der Waals surface area contributed by atoms with Crippen LogP contribution in [0.4, 0.5) is 0 Å². The number of ether oxygens (including phenoxy) is 3. The Balaban J connectivity index is 2.67. The SMILES string of the molecule is CC#CCOc1cc(OC)ccc1CNCCOC. The van der Waals surface area contributed by atoms with Crippen molar-refractivity contribution in [2.24, 2.45) is 0 Å². The predicted octanol–water partition coefficient (Wildman–Crippen LogP) is 1.83. The van der Waals surface area contributed by atoms with E-state index in [1.54, 1.807) is 21.1 Å². The van der Waals surface area contributed by atoms with Crippen molar-refractivity contribution in [2.45, 2.75) is 13.5 Å². The van der Waals surface area contributed by atoms with Crippen LogP contribution < -0.4 is 14.8 Å². The van der Waals surface area contributed by atoms with Crippen molar-refractivity contribution in [3.63, 3.8) is 0 Å². The summed E-state index contributed by atoms with van der Waals surface area (Å²) in [5, 5.41) is 3.29. The van der Waals surface area contributed by atoms with E-state index in [-0.39, 0.29) is 0 Å². The molecule has 0 aromatic heterocycles. The van der Waals surface area contributed by atoms with Crippen LogP contribution in [0.15, 0.2) is 18.2 Å². The van der Waals surface area contributed by atoms with Crippen LogP contribution in [0.2, 0.25) is 0 Å². The van der Waals surface area contributed by atoms with E-state index in [0.717, 1.165) is 30.2 Å². The van der Waals surface area contributed by atoms with Gasteiger partial charge in [0.2, 0.25) is 0 Å². The van der Waals surface area contributed by atoms with Crippen molar-refractivity contribution in [1.29, 1.82) is 0 Å². The van der Waals surface area contributed by atoms with Crippen LogP contribution in [0.25, 0.3) is 0 Å². The molecule has 0 aliphatic heterocycles. The van der Waals surface area contributed by atoms with E-state index >= 15 is 0 Å². The molecule has 0 aliphatic carbocycles. The monoisotopic (exact) mass is 263 g/mol. The fourth-order valence-corrected chi connectivity index (χ4v) is 1.53. The maximum Gasteiger partial charge on any atom is 0.149 e. The van der Waals surface area contributed by atoms with E-state index in [4.69, 9.17) is 14.2 Å². The van der Waals surface area contributed by atoms with Gasteiger partial charge < -0.3 is 19.5 Å². The lowest BCUT2D eigenvalue weighted by Gasteiger charge is -2.12. The van der Waals surface area contributed by atoms with Crippen LogP contribution in [0.3, 0.4) is 0 Å². The maximum absolute atomic E-state index is 5.65. The van der Waals surface area contributed by atoms with Gasteiger partial charge >= 0.3 is 0 Å². The first-order valence-corrected chi connectivity index (χ1v) is 6.20. The van der Waals surface area contributed by atoms with Gasteiger partial charge in [0.15, 0.2) is 0 Å². The Morgan fingerprint density at radius 3 is 2.79 bits per heavy atom. The van der Waals surface area contributed by atoms with Crippen molar-refractivity contribution in [1.82, 2.24) is 5.32 Å². The lowest BCUT2D eigenvalue weighted by Crippen LogP contribution is -2.19. The quantitative estimate of drug-likeness (QED) is 0.574. The van der Waals surface area contributed by atoms with Gasteiger partial charge in [-0.3, -0.25) is 0 Å². The fourth-order valence-electron chi connectivity index (χ4n) is 1.53. The topological polar surface area (TPSA) is 39.7 Å². The second-order valence-electron chi connectivity index (χ2n) is 3.86. The second-order valence-corrected chi connectivity index (χ2v) is 3.86. The molecule has 0 atom stereocenters. The van der Waals surface area contributed by atoms with Gasteiger partial charge in [0, 0.05) is 31.8 Å². The predicted molar refractivity (Wildman–Crippen MR) is 75.5 cm³/mol. The molecular weight excluding hydrogens is 242 g/mol. The number of hydrogen-bond acceptors (Lipinski definition) is 4. The summed E-state index contributed by atoms with van der Waals surface area (Å²) in [6.07, 6.45) is 0. The molecule has 4 heteroatoms. The molecule has 1 aromatic rings. The highest BCUT2D eigenvalue weighted by molar-refractivity contribution is 5.41. The summed E-state index contributed by atoms with van der Waals surface area (Å²) in [6, 6.07) is 5.80. The second kappa shape index (κ2) is 9.26. The lowest BCUT2D eigenvalue weighted by molar-refractivity contribution is 0.199. The van der Waals surface area contributed by atoms with E-state index in [0.29, 0.717) is 13.2 Å². The molecule has 0 radical (unpaired) electrons. The number of hydrogen-bond donors (Lipinski definition) is 1. The molecule has 0 unspecified atom stereocenters. The molecule has 19 heavy (non-hydrogen) atoms. The minimum atomic E-state index is 0.384. The Labute approximate surface area is 115 Å². The van der Waals surface area contributed by atoms with Gasteiger partial charge in [-0.25, -0.2) is 0 Å². The minimum Gasteiger partial charge on any atom is -0.497 e. The summed E-state index contributed by atoms with van der Waals surface area (Å²) in [4.78, 5) is 0. The molecule has 0 bridgehead atoms. The number of nitrogens with one attached hydrogen (secondary N) is 1. The lowest BCUT2D eigenvalue weighted by atomic mass is 10.2. The van der Waals surface area contributed by atoms with Gasteiger partial charge in [-0.1, -0.05) is 12.0 Å². The first-order chi connectivity index (χ1) is 9.31. The average Bonchev–Trinajstić information content (AvgIpc) is 2.45. The molecular formula is C15H21NO3. The van der Waals surface area contributed by atoms with E-state index in [1.807, 2.05) is 18.2 Å². The third kappa shape index (κ3) is 5.64. The maximum atomic E-state index is 5.65. The van der Waals surface area contributed by atoms with Crippen molar-refractivity contribution >= 4 is 0 Å². The summed E-state index contributed by atoms with van der Waals surface area (Å²) >= 11 is 0. The molecule has 0 saturated carbocycles. The van der Waals surface area contributed by atoms with E-state index in [2.05, 4.69) is 17.2 Å². The molecule has 0 heterocycles. The number of rotatable bonds is 8. The van der Waals surface area contributed by atoms with Gasteiger partial charge in [0.05, 0.1) is 13.7 Å². The standard InChI is InChI=1S/C15H21NO3/c1-4-5-9-19-15-11-14(18-3)7-6-13(15)12-16-8-10-17-2/h6-7,11,16H,8-10,12H2,1-3H3. The van der Waals surface area contributed by atoms with Gasteiger partial charge in [-0.2, -0.15) is 0 Å². The van der Waals surface area contributed by atoms with Crippen LogP contribution in [-0.4, -0.2) is 34.0 Å². The fraction of sp³-hybridized carbons (Fsp3) is 0.467. The smallest absolute Gasteiger partial charge is 0.149 e. The summed E-state index contributed by atoms with van der Waals surface area (Å²) in [7, 11) is 3.33. The van der Waals surface area contributed by atoms with Crippen molar-refractivity contribution < 1.29 is 14.2 Å². The Bertz CT molecular complexity index is 435. The zero-order valence-electron chi connectivity index (χ0n) is 11.8. The molecule has 1 rings (SSSR count). The van der Waals surface area contributed by atoms with Crippen LogP contribution in [0, 0.1) is 11.8 Å². The van der Waals surface area contributed by atoms with Crippen LogP contribution >= 0.6 is 0 Å². The van der Waals surface area contributed by atoms with Crippen molar-refractivity contribution in [2.75, 3.05) is 34.0 Å². The minimum absolute atomic E-state index is 0.384. The molecule has 1 aromatic carbocycles. The summed E-state index contributed by atoms with van der Waals surface area (Å²) in [5.74, 6) is 7.27. The zero-order chi connectivity index (χ0) is 13.9. The normalized spacial score (nSPS) is 9.63. The molecule has 0 spiro atoms. The third-order valence-electron chi connectivity index (χ3n) is 2.55. The molecule has 1 N–H and O–H groups in total. The largest absolute Gasteiger partial charge is 0.497 e. The van der Waals surface area contributed by atoms with Gasteiger partial charge in [0.1, 0.15) is 18.1 Å². The molecule has 104 valence electrons. The van der Waals surface area contributed by atoms with Crippen LogP contribution in [0.5, 0.6) is 11.5 Å². The molecule has 0 fully saturated rings. The van der Waals surface area contributed by atoms with Gasteiger partial charge in [-0.15, -0.1) is 5.92 Å². The summed E-state index contributed by atoms with van der Waals surface area (Å²) in [5.41, 5.74) is 1.08. The first-order valence-electron chi connectivity index (χ1n) is 6.20. The number of methoxy groups -OCH3 is 2. The van der Waals surface area contributed by atoms with E-state index < -0.39 is 0 Å². The van der Waals surface area contributed by atoms with Crippen LogP contribution in [0.1, 0.15) is 12.5 Å². The Morgan fingerprint density at radius 2 is 2.11 bits per heavy atom. The van der Waals surface area contributed by atoms with Crippen LogP contribution in [-0.2, 0) is 11.3 Å². The highest BCUT2D eigenvalue weighted by atomic mass is 16.5.